The molecule has 0 aromatic carbocycles. The quantitative estimate of drug-likeness (QED) is 0.787. The topological polar surface area (TPSA) is 29.3 Å². The van der Waals surface area contributed by atoms with E-state index in [4.69, 9.17) is 5.73 Å². The Bertz CT molecular complexity index is 243. The molecule has 0 aliphatic carbocycles. The van der Waals surface area contributed by atoms with E-state index >= 15 is 0 Å². The number of nitrogens with zero attached hydrogens (tertiary/aromatic N) is 1. The van der Waals surface area contributed by atoms with E-state index in [0.29, 0.717) is 6.04 Å². The summed E-state index contributed by atoms with van der Waals surface area (Å²) in [6.07, 6.45) is 2.48. The molecule has 1 aromatic rings. The van der Waals surface area contributed by atoms with Crippen LogP contribution < -0.4 is 5.73 Å². The molecule has 1 aliphatic rings. The summed E-state index contributed by atoms with van der Waals surface area (Å²) >= 11 is 1.85. The van der Waals surface area contributed by atoms with E-state index in [-0.39, 0.29) is 0 Å². The van der Waals surface area contributed by atoms with Crippen molar-refractivity contribution in [1.82, 2.24) is 4.90 Å². The molecular formula is C10H16N2S. The molecule has 1 aliphatic heterocycles. The summed E-state index contributed by atoms with van der Waals surface area (Å²) in [4.78, 5) is 3.97. The smallest absolute Gasteiger partial charge is 0.0230 e. The SMILES string of the molecule is NCC1CCN1CCc1cccs1. The third-order valence-electron chi connectivity index (χ3n) is 2.76. The number of rotatable bonds is 4. The zero-order valence-electron chi connectivity index (χ0n) is 7.78. The van der Waals surface area contributed by atoms with Crippen molar-refractivity contribution >= 4 is 11.3 Å². The Morgan fingerprint density at radius 1 is 1.62 bits per heavy atom. The van der Waals surface area contributed by atoms with Gasteiger partial charge < -0.3 is 5.73 Å². The zero-order chi connectivity index (χ0) is 9.10. The van der Waals surface area contributed by atoms with Gasteiger partial charge >= 0.3 is 0 Å². The Labute approximate surface area is 83.4 Å². The summed E-state index contributed by atoms with van der Waals surface area (Å²) in [5.74, 6) is 0. The van der Waals surface area contributed by atoms with Gasteiger partial charge in [-0.2, -0.15) is 0 Å². The Morgan fingerprint density at radius 3 is 3.08 bits per heavy atom. The first-order chi connectivity index (χ1) is 6.40. The lowest BCUT2D eigenvalue weighted by atomic mass is 10.0. The molecule has 2 N–H and O–H groups in total. The lowest BCUT2D eigenvalue weighted by Crippen LogP contribution is -2.52. The Balaban J connectivity index is 1.74. The van der Waals surface area contributed by atoms with Gasteiger partial charge in [0, 0.05) is 30.6 Å². The van der Waals surface area contributed by atoms with Crippen LogP contribution in [0, 0.1) is 0 Å². The van der Waals surface area contributed by atoms with E-state index in [2.05, 4.69) is 22.4 Å². The van der Waals surface area contributed by atoms with Gasteiger partial charge in [-0.05, 0) is 24.3 Å². The van der Waals surface area contributed by atoms with Crippen LogP contribution in [-0.4, -0.2) is 30.6 Å². The van der Waals surface area contributed by atoms with Crippen molar-refractivity contribution in [3.63, 3.8) is 0 Å². The van der Waals surface area contributed by atoms with Gasteiger partial charge in [-0.1, -0.05) is 6.07 Å². The number of thiophene rings is 1. The number of hydrogen-bond acceptors (Lipinski definition) is 3. The number of nitrogens with two attached hydrogens (primary N) is 1. The van der Waals surface area contributed by atoms with Crippen molar-refractivity contribution in [2.75, 3.05) is 19.6 Å². The van der Waals surface area contributed by atoms with Gasteiger partial charge in [0.2, 0.25) is 0 Å². The largest absolute Gasteiger partial charge is 0.329 e. The summed E-state index contributed by atoms with van der Waals surface area (Å²) in [5.41, 5.74) is 5.63. The average Bonchev–Trinajstić information content (AvgIpc) is 2.56. The second-order valence-electron chi connectivity index (χ2n) is 3.54. The van der Waals surface area contributed by atoms with E-state index in [1.54, 1.807) is 0 Å². The second kappa shape index (κ2) is 4.22. The summed E-state index contributed by atoms with van der Waals surface area (Å²) in [5, 5.41) is 2.14. The molecule has 2 rings (SSSR count). The molecule has 0 amide bonds. The first-order valence-electron chi connectivity index (χ1n) is 4.86. The van der Waals surface area contributed by atoms with E-state index in [1.165, 1.54) is 30.8 Å². The fourth-order valence-electron chi connectivity index (χ4n) is 1.76. The van der Waals surface area contributed by atoms with Gasteiger partial charge in [0.05, 0.1) is 0 Å². The molecule has 1 fully saturated rings. The van der Waals surface area contributed by atoms with Crippen LogP contribution in [0.5, 0.6) is 0 Å². The first-order valence-corrected chi connectivity index (χ1v) is 5.74. The third-order valence-corrected chi connectivity index (χ3v) is 3.70. The van der Waals surface area contributed by atoms with Crippen LogP contribution in [0.2, 0.25) is 0 Å². The summed E-state index contributed by atoms with van der Waals surface area (Å²) in [6.45, 7) is 3.25. The Morgan fingerprint density at radius 2 is 2.54 bits per heavy atom. The molecule has 72 valence electrons. The standard InChI is InChI=1S/C10H16N2S/c11-8-9-3-5-12(9)6-4-10-2-1-7-13-10/h1-2,7,9H,3-6,8,11H2. The summed E-state index contributed by atoms with van der Waals surface area (Å²) in [7, 11) is 0. The molecule has 1 unspecified atom stereocenters. The van der Waals surface area contributed by atoms with Crippen LogP contribution in [0.25, 0.3) is 0 Å². The highest BCUT2D eigenvalue weighted by molar-refractivity contribution is 7.09. The highest BCUT2D eigenvalue weighted by Gasteiger charge is 2.25. The predicted octanol–water partition coefficient (Wildman–Crippen LogP) is 1.32. The van der Waals surface area contributed by atoms with Gasteiger partial charge in [0.1, 0.15) is 0 Å². The molecule has 1 atom stereocenters. The van der Waals surface area contributed by atoms with Crippen molar-refractivity contribution in [3.8, 4) is 0 Å². The minimum atomic E-state index is 0.667. The van der Waals surface area contributed by atoms with Crippen LogP contribution in [0.1, 0.15) is 11.3 Å². The lowest BCUT2D eigenvalue weighted by Gasteiger charge is -2.40. The van der Waals surface area contributed by atoms with Crippen LogP contribution >= 0.6 is 11.3 Å². The maximum Gasteiger partial charge on any atom is 0.0230 e. The molecular weight excluding hydrogens is 180 g/mol. The minimum Gasteiger partial charge on any atom is -0.329 e. The van der Waals surface area contributed by atoms with Crippen LogP contribution in [0.15, 0.2) is 17.5 Å². The van der Waals surface area contributed by atoms with Gasteiger partial charge in [-0.15, -0.1) is 11.3 Å². The average molecular weight is 196 g/mol. The lowest BCUT2D eigenvalue weighted by molar-refractivity contribution is 0.0988. The predicted molar refractivity (Wildman–Crippen MR) is 57.1 cm³/mol. The third kappa shape index (κ3) is 2.10. The van der Waals surface area contributed by atoms with E-state index in [0.717, 1.165) is 6.54 Å². The van der Waals surface area contributed by atoms with Crippen LogP contribution in [0.3, 0.4) is 0 Å². The molecule has 3 heteroatoms. The van der Waals surface area contributed by atoms with Gasteiger partial charge in [-0.3, -0.25) is 4.90 Å². The molecule has 2 heterocycles. The van der Waals surface area contributed by atoms with Crippen LogP contribution in [-0.2, 0) is 6.42 Å². The van der Waals surface area contributed by atoms with Gasteiger partial charge in [0.15, 0.2) is 0 Å². The van der Waals surface area contributed by atoms with Crippen molar-refractivity contribution in [2.45, 2.75) is 18.9 Å². The molecule has 0 bridgehead atoms. The molecule has 1 saturated heterocycles. The highest BCUT2D eigenvalue weighted by Crippen LogP contribution is 2.17. The molecule has 1 aromatic heterocycles. The Kier molecular flexibility index (Phi) is 2.98. The van der Waals surface area contributed by atoms with Crippen LogP contribution in [0.4, 0.5) is 0 Å². The normalized spacial score (nSPS) is 23.0. The molecule has 0 spiro atoms. The van der Waals surface area contributed by atoms with Crippen molar-refractivity contribution in [1.29, 1.82) is 0 Å². The zero-order valence-corrected chi connectivity index (χ0v) is 8.59. The van der Waals surface area contributed by atoms with E-state index in [9.17, 15) is 0 Å². The Hall–Kier alpha value is -0.380. The maximum absolute atomic E-state index is 5.63. The number of hydrogen-bond donors (Lipinski definition) is 1. The maximum atomic E-state index is 5.63. The first kappa shape index (κ1) is 9.19. The summed E-state index contributed by atoms with van der Waals surface area (Å²) in [6, 6.07) is 5.00. The monoisotopic (exact) mass is 196 g/mol. The highest BCUT2D eigenvalue weighted by atomic mass is 32.1. The fourth-order valence-corrected chi connectivity index (χ4v) is 2.46. The number of likely N-dealkylation sites (tertiary alicyclic amines) is 1. The molecule has 13 heavy (non-hydrogen) atoms. The molecule has 0 radical (unpaired) electrons. The summed E-state index contributed by atoms with van der Waals surface area (Å²) < 4.78 is 0. The van der Waals surface area contributed by atoms with E-state index in [1.807, 2.05) is 11.3 Å². The van der Waals surface area contributed by atoms with Crippen molar-refractivity contribution < 1.29 is 0 Å². The van der Waals surface area contributed by atoms with Gasteiger partial charge in [-0.25, -0.2) is 0 Å². The van der Waals surface area contributed by atoms with Crippen molar-refractivity contribution in [2.24, 2.45) is 5.73 Å². The minimum absolute atomic E-state index is 0.667. The van der Waals surface area contributed by atoms with E-state index < -0.39 is 0 Å². The fraction of sp³-hybridized carbons (Fsp3) is 0.600. The van der Waals surface area contributed by atoms with Crippen molar-refractivity contribution in [3.05, 3.63) is 22.4 Å². The van der Waals surface area contributed by atoms with Gasteiger partial charge in [0.25, 0.3) is 0 Å². The second-order valence-corrected chi connectivity index (χ2v) is 4.58. The molecule has 0 saturated carbocycles. The molecule has 2 nitrogen and oxygen atoms in total.